The van der Waals surface area contributed by atoms with Gasteiger partial charge in [0, 0.05) is 5.92 Å². The summed E-state index contributed by atoms with van der Waals surface area (Å²) in [5, 5.41) is 9.67. The lowest BCUT2D eigenvalue weighted by Crippen LogP contribution is -2.49. The number of aliphatic hydroxyl groups is 1. The zero-order chi connectivity index (χ0) is 12.7. The summed E-state index contributed by atoms with van der Waals surface area (Å²) >= 11 is 0. The first-order valence-electron chi connectivity index (χ1n) is 6.72. The van der Waals surface area contributed by atoms with Gasteiger partial charge in [-0.15, -0.1) is 0 Å². The van der Waals surface area contributed by atoms with Gasteiger partial charge in [-0.25, -0.2) is 0 Å². The van der Waals surface area contributed by atoms with E-state index in [-0.39, 0.29) is 17.9 Å². The maximum absolute atomic E-state index is 11.1. The Balaban J connectivity index is 2.42. The molecule has 0 saturated heterocycles. The van der Waals surface area contributed by atoms with Gasteiger partial charge in [0.15, 0.2) is 0 Å². The molecule has 1 fully saturated rings. The largest absolute Gasteiger partial charge is 0.396 e. The molecule has 2 aliphatic carbocycles. The van der Waals surface area contributed by atoms with Crippen LogP contribution in [0.1, 0.15) is 46.5 Å². The molecule has 3 atom stereocenters. The van der Waals surface area contributed by atoms with Gasteiger partial charge in [-0.3, -0.25) is 4.79 Å². The van der Waals surface area contributed by atoms with E-state index in [2.05, 4.69) is 26.8 Å². The summed E-state index contributed by atoms with van der Waals surface area (Å²) in [6.45, 7) is 7.05. The van der Waals surface area contributed by atoms with Crippen LogP contribution < -0.4 is 0 Å². The fraction of sp³-hybridized carbons (Fsp3) is 0.800. The van der Waals surface area contributed by atoms with Crippen LogP contribution in [0.2, 0.25) is 0 Å². The standard InChI is InChI=1S/C15H24O2/c1-14(2)7-4-8-15(3)12(10-17)11(9-16)5-6-13(14)15/h5,9,12-13,17H,4,6-8,10H2,1-3H3/t12-,13-,15+/m0/s1. The molecule has 2 nitrogen and oxygen atoms in total. The van der Waals surface area contributed by atoms with Crippen molar-refractivity contribution in [2.24, 2.45) is 22.7 Å². The van der Waals surface area contributed by atoms with Gasteiger partial charge in [0.05, 0.1) is 6.61 Å². The van der Waals surface area contributed by atoms with Gasteiger partial charge in [-0.2, -0.15) is 0 Å². The molecule has 96 valence electrons. The number of hydrogen-bond acceptors (Lipinski definition) is 2. The number of aldehydes is 1. The monoisotopic (exact) mass is 236 g/mol. The Kier molecular flexibility index (Phi) is 3.19. The number of carbonyl (C=O) groups excluding carboxylic acids is 1. The molecule has 0 radical (unpaired) electrons. The highest BCUT2D eigenvalue weighted by Crippen LogP contribution is 2.59. The van der Waals surface area contributed by atoms with Crippen LogP contribution in [0, 0.1) is 22.7 Å². The van der Waals surface area contributed by atoms with E-state index in [9.17, 15) is 9.90 Å². The van der Waals surface area contributed by atoms with Crippen LogP contribution >= 0.6 is 0 Å². The Bertz CT molecular complexity index is 343. The molecule has 2 rings (SSSR count). The topological polar surface area (TPSA) is 37.3 Å². The van der Waals surface area contributed by atoms with Gasteiger partial charge in [0.1, 0.15) is 6.29 Å². The molecule has 0 heterocycles. The van der Waals surface area contributed by atoms with Crippen molar-refractivity contribution >= 4 is 6.29 Å². The molecule has 0 aromatic rings. The van der Waals surface area contributed by atoms with Crippen LogP contribution in [-0.4, -0.2) is 18.0 Å². The van der Waals surface area contributed by atoms with Crippen molar-refractivity contribution < 1.29 is 9.90 Å². The molecule has 1 N–H and O–H groups in total. The predicted octanol–water partition coefficient (Wildman–Crippen LogP) is 2.96. The number of fused-ring (bicyclic) bond motifs is 1. The quantitative estimate of drug-likeness (QED) is 0.748. The first-order chi connectivity index (χ1) is 7.95. The smallest absolute Gasteiger partial charge is 0.146 e. The third kappa shape index (κ3) is 1.87. The van der Waals surface area contributed by atoms with Crippen LogP contribution in [0.4, 0.5) is 0 Å². The van der Waals surface area contributed by atoms with Gasteiger partial charge in [-0.05, 0) is 41.6 Å². The molecule has 0 aromatic heterocycles. The summed E-state index contributed by atoms with van der Waals surface area (Å²) in [4.78, 5) is 11.1. The number of hydrogen-bond donors (Lipinski definition) is 1. The van der Waals surface area contributed by atoms with Gasteiger partial charge in [0.2, 0.25) is 0 Å². The highest BCUT2D eigenvalue weighted by Gasteiger charge is 2.52. The summed E-state index contributed by atoms with van der Waals surface area (Å²) in [7, 11) is 0. The van der Waals surface area contributed by atoms with E-state index in [0.29, 0.717) is 11.3 Å². The Morgan fingerprint density at radius 3 is 2.71 bits per heavy atom. The molecule has 17 heavy (non-hydrogen) atoms. The van der Waals surface area contributed by atoms with Crippen molar-refractivity contribution in [3.8, 4) is 0 Å². The molecule has 0 aliphatic heterocycles. The van der Waals surface area contributed by atoms with Crippen molar-refractivity contribution in [2.75, 3.05) is 6.61 Å². The van der Waals surface area contributed by atoms with E-state index in [0.717, 1.165) is 24.7 Å². The first kappa shape index (κ1) is 12.8. The van der Waals surface area contributed by atoms with E-state index < -0.39 is 0 Å². The van der Waals surface area contributed by atoms with Crippen LogP contribution in [0.5, 0.6) is 0 Å². The van der Waals surface area contributed by atoms with Gasteiger partial charge in [0.25, 0.3) is 0 Å². The highest BCUT2D eigenvalue weighted by molar-refractivity contribution is 5.74. The summed E-state index contributed by atoms with van der Waals surface area (Å²) < 4.78 is 0. The molecule has 0 bridgehead atoms. The van der Waals surface area contributed by atoms with Crippen LogP contribution in [0.25, 0.3) is 0 Å². The normalized spacial score (nSPS) is 40.4. The van der Waals surface area contributed by atoms with Crippen molar-refractivity contribution in [1.82, 2.24) is 0 Å². The number of rotatable bonds is 2. The van der Waals surface area contributed by atoms with E-state index >= 15 is 0 Å². The van der Waals surface area contributed by atoms with Crippen molar-refractivity contribution in [2.45, 2.75) is 46.5 Å². The Morgan fingerprint density at radius 2 is 2.12 bits per heavy atom. The second-order valence-electron chi connectivity index (χ2n) is 6.69. The molecular weight excluding hydrogens is 212 g/mol. The molecule has 0 unspecified atom stereocenters. The van der Waals surface area contributed by atoms with Crippen molar-refractivity contribution in [3.63, 3.8) is 0 Å². The van der Waals surface area contributed by atoms with E-state index in [1.54, 1.807) is 0 Å². The Labute approximate surface area is 104 Å². The summed E-state index contributed by atoms with van der Waals surface area (Å²) in [5.41, 5.74) is 1.25. The summed E-state index contributed by atoms with van der Waals surface area (Å²) in [6, 6.07) is 0. The minimum atomic E-state index is 0.0401. The Hall–Kier alpha value is -0.630. The minimum absolute atomic E-state index is 0.0401. The number of aliphatic hydroxyl groups excluding tert-OH is 1. The van der Waals surface area contributed by atoms with Crippen molar-refractivity contribution in [3.05, 3.63) is 11.6 Å². The van der Waals surface area contributed by atoms with Crippen LogP contribution in [-0.2, 0) is 4.79 Å². The lowest BCUT2D eigenvalue weighted by Gasteiger charge is -2.56. The lowest BCUT2D eigenvalue weighted by atomic mass is 9.49. The Morgan fingerprint density at radius 1 is 1.41 bits per heavy atom. The molecule has 2 aliphatic rings. The van der Waals surface area contributed by atoms with Gasteiger partial charge in [-0.1, -0.05) is 33.3 Å². The first-order valence-corrected chi connectivity index (χ1v) is 6.72. The number of allylic oxidation sites excluding steroid dienone is 1. The summed E-state index contributed by atoms with van der Waals surface area (Å²) in [6.07, 6.45) is 7.61. The maximum Gasteiger partial charge on any atom is 0.146 e. The van der Waals surface area contributed by atoms with Crippen LogP contribution in [0.15, 0.2) is 11.6 Å². The minimum Gasteiger partial charge on any atom is -0.396 e. The predicted molar refractivity (Wildman–Crippen MR) is 68.6 cm³/mol. The summed E-state index contributed by atoms with van der Waals surface area (Å²) in [5.74, 6) is 0.628. The zero-order valence-electron chi connectivity index (χ0n) is 11.2. The molecular formula is C15H24O2. The van der Waals surface area contributed by atoms with Gasteiger partial charge >= 0.3 is 0 Å². The average Bonchev–Trinajstić information content (AvgIpc) is 2.26. The fourth-order valence-corrected chi connectivity index (χ4v) is 4.39. The SMILES string of the molecule is CC1(C)CCC[C@]2(C)[C@@H](CO)C(C=O)=CC[C@@H]12. The van der Waals surface area contributed by atoms with Crippen LogP contribution in [0.3, 0.4) is 0 Å². The second-order valence-corrected chi connectivity index (χ2v) is 6.69. The van der Waals surface area contributed by atoms with E-state index in [1.807, 2.05) is 0 Å². The number of carbonyl (C=O) groups is 1. The zero-order valence-corrected chi connectivity index (χ0v) is 11.2. The molecule has 0 spiro atoms. The lowest BCUT2D eigenvalue weighted by molar-refractivity contribution is -0.108. The van der Waals surface area contributed by atoms with Crippen molar-refractivity contribution in [1.29, 1.82) is 0 Å². The highest BCUT2D eigenvalue weighted by atomic mass is 16.3. The maximum atomic E-state index is 11.1. The molecule has 0 aromatic carbocycles. The van der Waals surface area contributed by atoms with E-state index in [1.165, 1.54) is 12.8 Å². The molecule has 1 saturated carbocycles. The van der Waals surface area contributed by atoms with Gasteiger partial charge < -0.3 is 5.11 Å². The third-order valence-corrected chi connectivity index (χ3v) is 5.38. The molecule has 0 amide bonds. The van der Waals surface area contributed by atoms with E-state index in [4.69, 9.17) is 0 Å². The third-order valence-electron chi connectivity index (χ3n) is 5.38. The average molecular weight is 236 g/mol. The second kappa shape index (κ2) is 4.24. The fourth-order valence-electron chi connectivity index (χ4n) is 4.39. The molecule has 2 heteroatoms.